The molecule has 1 aliphatic heterocycles. The lowest BCUT2D eigenvalue weighted by Gasteiger charge is -2.38. The maximum absolute atomic E-state index is 13.7. The van der Waals surface area contributed by atoms with E-state index in [0.717, 1.165) is 5.56 Å². The van der Waals surface area contributed by atoms with Crippen LogP contribution in [0, 0.1) is 5.82 Å². The minimum Gasteiger partial charge on any atom is -0.467 e. The highest BCUT2D eigenvalue weighted by molar-refractivity contribution is 5.69. The molecule has 3 heterocycles. The lowest BCUT2D eigenvalue weighted by Crippen LogP contribution is -2.57. The molecule has 1 aromatic carbocycles. The number of likely N-dealkylation sites (tertiary alicyclic amines) is 1. The van der Waals surface area contributed by atoms with E-state index in [9.17, 15) is 14.0 Å². The zero-order chi connectivity index (χ0) is 22.6. The molecule has 11 nitrogen and oxygen atoms in total. The molecule has 1 fully saturated rings. The molecule has 0 saturated carbocycles. The summed E-state index contributed by atoms with van der Waals surface area (Å²) in [7, 11) is 0. The molecule has 1 unspecified atom stereocenters. The smallest absolute Gasteiger partial charge is 0.442 e. The van der Waals surface area contributed by atoms with E-state index >= 15 is 0 Å². The van der Waals surface area contributed by atoms with Crippen molar-refractivity contribution in [1.29, 1.82) is 0 Å². The van der Waals surface area contributed by atoms with Crippen LogP contribution in [0.1, 0.15) is 37.9 Å². The van der Waals surface area contributed by atoms with Gasteiger partial charge in [0.1, 0.15) is 17.5 Å². The second-order valence-corrected chi connectivity index (χ2v) is 8.75. The first-order chi connectivity index (χ1) is 15.2. The van der Waals surface area contributed by atoms with Crippen LogP contribution in [0.3, 0.4) is 0 Å². The number of carbonyl (C=O) groups excluding carboxylic acids is 1. The molecular weight excluding hydrogens is 425 g/mol. The number of rotatable bonds is 4. The molecule has 2 aliphatic rings. The van der Waals surface area contributed by atoms with Gasteiger partial charge in [-0.25, -0.2) is 23.2 Å². The Morgan fingerprint density at radius 2 is 2.00 bits per heavy atom. The first-order valence-corrected chi connectivity index (χ1v) is 10.0. The molecule has 3 aromatic rings. The average molecular weight is 445 g/mol. The second-order valence-electron chi connectivity index (χ2n) is 8.75. The number of halogens is 1. The van der Waals surface area contributed by atoms with Gasteiger partial charge in [0.15, 0.2) is 0 Å². The Hall–Kier alpha value is -3.70. The van der Waals surface area contributed by atoms with Gasteiger partial charge >= 0.3 is 11.8 Å². The van der Waals surface area contributed by atoms with Gasteiger partial charge in [0.2, 0.25) is 11.5 Å². The van der Waals surface area contributed by atoms with Crippen molar-refractivity contribution in [3.63, 3.8) is 0 Å². The molecule has 12 heteroatoms. The predicted molar refractivity (Wildman–Crippen MR) is 105 cm³/mol. The molecule has 1 aliphatic carbocycles. The van der Waals surface area contributed by atoms with Gasteiger partial charge in [-0.15, -0.1) is 0 Å². The van der Waals surface area contributed by atoms with E-state index in [1.165, 1.54) is 21.6 Å². The van der Waals surface area contributed by atoms with Crippen molar-refractivity contribution in [1.82, 2.24) is 24.9 Å². The molecule has 1 amide bonds. The number of ether oxygens (including phenoxy) is 2. The monoisotopic (exact) mass is 445 g/mol. The van der Waals surface area contributed by atoms with E-state index in [1.807, 2.05) is 0 Å². The highest BCUT2D eigenvalue weighted by Gasteiger charge is 2.38. The quantitative estimate of drug-likeness (QED) is 0.594. The Morgan fingerprint density at radius 1 is 1.22 bits per heavy atom. The summed E-state index contributed by atoms with van der Waals surface area (Å²) in [6.45, 7) is 5.96. The minimum absolute atomic E-state index is 0.0136. The fraction of sp³-hybridized carbons (Fsp3) is 0.450. The van der Waals surface area contributed by atoms with E-state index in [4.69, 9.17) is 18.6 Å². The summed E-state index contributed by atoms with van der Waals surface area (Å²) in [6.07, 6.45) is -0.283. The van der Waals surface area contributed by atoms with Crippen molar-refractivity contribution in [2.75, 3.05) is 13.1 Å². The van der Waals surface area contributed by atoms with Crippen molar-refractivity contribution < 1.29 is 27.8 Å². The standard InChI is InChI=1S/C20H20FN5O6/c1-20(2,3)30-18(27)25-8-12(9-25)29-17-15(22-32-24-17)16-23-31-19(28)26(16)14-6-10-4-5-11(21)7-13(10)14/h4-5,7,12,14H,6,8-9H2,1-3H3. The maximum atomic E-state index is 13.7. The number of hydrogen-bond donors (Lipinski definition) is 0. The molecule has 5 rings (SSSR count). The van der Waals surface area contributed by atoms with Crippen LogP contribution in [0.4, 0.5) is 9.18 Å². The van der Waals surface area contributed by atoms with Gasteiger partial charge in [0.25, 0.3) is 5.88 Å². The Kier molecular flexibility index (Phi) is 4.53. The molecule has 32 heavy (non-hydrogen) atoms. The lowest BCUT2D eigenvalue weighted by atomic mass is 9.83. The molecule has 2 aromatic heterocycles. The largest absolute Gasteiger partial charge is 0.467 e. The summed E-state index contributed by atoms with van der Waals surface area (Å²) in [5.74, 6) is -1.03. The summed E-state index contributed by atoms with van der Waals surface area (Å²) >= 11 is 0. The third kappa shape index (κ3) is 3.51. The molecular formula is C20H20FN5O6. The first-order valence-electron chi connectivity index (χ1n) is 10.0. The second kappa shape index (κ2) is 7.18. The maximum Gasteiger partial charge on any atom is 0.442 e. The van der Waals surface area contributed by atoms with Crippen molar-refractivity contribution in [2.45, 2.75) is 44.9 Å². The normalized spacial score (nSPS) is 18.0. The molecule has 0 spiro atoms. The third-order valence-corrected chi connectivity index (χ3v) is 5.28. The fourth-order valence-electron chi connectivity index (χ4n) is 3.71. The van der Waals surface area contributed by atoms with Crippen LogP contribution < -0.4 is 10.5 Å². The van der Waals surface area contributed by atoms with Gasteiger partial charge < -0.3 is 14.4 Å². The summed E-state index contributed by atoms with van der Waals surface area (Å²) in [4.78, 5) is 25.9. The van der Waals surface area contributed by atoms with Crippen molar-refractivity contribution in [3.8, 4) is 17.4 Å². The van der Waals surface area contributed by atoms with Gasteiger partial charge in [-0.05, 0) is 60.8 Å². The molecule has 168 valence electrons. The van der Waals surface area contributed by atoms with Gasteiger partial charge in [-0.1, -0.05) is 11.2 Å². The molecule has 0 N–H and O–H groups in total. The average Bonchev–Trinajstić information content (AvgIpc) is 3.26. The molecule has 0 radical (unpaired) electrons. The van der Waals surface area contributed by atoms with Gasteiger partial charge in [-0.2, -0.15) is 0 Å². The van der Waals surface area contributed by atoms with Crippen molar-refractivity contribution >= 4 is 6.09 Å². The number of hydrogen-bond acceptors (Lipinski definition) is 9. The summed E-state index contributed by atoms with van der Waals surface area (Å²) < 4.78 is 35.7. The molecule has 0 bridgehead atoms. The van der Waals surface area contributed by atoms with E-state index in [0.29, 0.717) is 25.1 Å². The van der Waals surface area contributed by atoms with E-state index < -0.39 is 29.3 Å². The van der Waals surface area contributed by atoms with Crippen LogP contribution in [0.5, 0.6) is 5.88 Å². The molecule has 1 atom stereocenters. The Balaban J connectivity index is 1.33. The zero-order valence-corrected chi connectivity index (χ0v) is 17.6. The Bertz CT molecular complexity index is 1240. The van der Waals surface area contributed by atoms with Crippen LogP contribution in [0.2, 0.25) is 0 Å². The topological polar surface area (TPSA) is 126 Å². The zero-order valence-electron chi connectivity index (χ0n) is 17.6. The summed E-state index contributed by atoms with van der Waals surface area (Å²) in [5, 5.41) is 11.4. The fourth-order valence-corrected chi connectivity index (χ4v) is 3.71. The highest BCUT2D eigenvalue weighted by atomic mass is 19.1. The number of benzene rings is 1. The van der Waals surface area contributed by atoms with Crippen molar-refractivity contribution in [2.24, 2.45) is 0 Å². The van der Waals surface area contributed by atoms with Gasteiger partial charge in [0, 0.05) is 0 Å². The lowest BCUT2D eigenvalue weighted by molar-refractivity contribution is -0.0238. The van der Waals surface area contributed by atoms with Crippen LogP contribution in [-0.2, 0) is 11.2 Å². The van der Waals surface area contributed by atoms with Crippen LogP contribution in [0.25, 0.3) is 11.5 Å². The summed E-state index contributed by atoms with van der Waals surface area (Å²) in [6, 6.07) is 3.98. The Labute approximate surface area is 180 Å². The van der Waals surface area contributed by atoms with Crippen LogP contribution in [-0.4, -0.2) is 55.8 Å². The number of amides is 1. The number of fused-ring (bicyclic) bond motifs is 1. The van der Waals surface area contributed by atoms with E-state index in [-0.39, 0.29) is 23.5 Å². The van der Waals surface area contributed by atoms with Crippen molar-refractivity contribution in [3.05, 3.63) is 45.7 Å². The first kappa shape index (κ1) is 20.2. The van der Waals surface area contributed by atoms with Crippen LogP contribution in [0.15, 0.2) is 32.1 Å². The Morgan fingerprint density at radius 3 is 2.75 bits per heavy atom. The third-order valence-electron chi connectivity index (χ3n) is 5.28. The highest BCUT2D eigenvalue weighted by Crippen LogP contribution is 2.39. The van der Waals surface area contributed by atoms with Gasteiger partial charge in [-0.3, -0.25) is 4.52 Å². The number of aromatic nitrogens is 4. The van der Waals surface area contributed by atoms with E-state index in [1.54, 1.807) is 26.8 Å². The minimum atomic E-state index is -0.714. The van der Waals surface area contributed by atoms with E-state index in [2.05, 4.69) is 15.5 Å². The molecule has 1 saturated heterocycles. The predicted octanol–water partition coefficient (Wildman–Crippen LogP) is 2.17. The number of nitrogens with zero attached hydrogens (tertiary/aromatic N) is 5. The summed E-state index contributed by atoms with van der Waals surface area (Å²) in [5.41, 5.74) is 1.09. The van der Waals surface area contributed by atoms with Crippen LogP contribution >= 0.6 is 0 Å². The SMILES string of the molecule is CC(C)(C)OC(=O)N1CC(Oc2nonc2-c2noc(=O)n2C2Cc3ccc(F)cc32)C1. The van der Waals surface area contributed by atoms with Gasteiger partial charge in [0.05, 0.1) is 19.1 Å². The number of carbonyl (C=O) groups is 1.